The summed E-state index contributed by atoms with van der Waals surface area (Å²) in [5.74, 6) is 1.94. The molecule has 2 rings (SSSR count). The number of aromatic nitrogens is 2. The lowest BCUT2D eigenvalue weighted by atomic mass is 10.2. The zero-order chi connectivity index (χ0) is 12.8. The van der Waals surface area contributed by atoms with E-state index in [1.807, 2.05) is 30.3 Å². The molecule has 0 bridgehead atoms. The Morgan fingerprint density at radius 3 is 2.67 bits per heavy atom. The molecule has 0 aliphatic carbocycles. The fraction of sp³-hybridized carbons (Fsp3) is 0.429. The molecule has 0 aliphatic heterocycles. The van der Waals surface area contributed by atoms with E-state index in [0.29, 0.717) is 17.7 Å². The van der Waals surface area contributed by atoms with Gasteiger partial charge in [0.05, 0.1) is 0 Å². The van der Waals surface area contributed by atoms with Crippen LogP contribution in [0.4, 0.5) is 0 Å². The van der Waals surface area contributed by atoms with E-state index in [-0.39, 0.29) is 0 Å². The molecular formula is C14H19N3O. The van der Waals surface area contributed by atoms with E-state index in [4.69, 9.17) is 4.42 Å². The highest BCUT2D eigenvalue weighted by molar-refractivity contribution is 5.51. The van der Waals surface area contributed by atoms with Crippen LogP contribution in [0.1, 0.15) is 19.7 Å². The number of nitrogens with one attached hydrogen (secondary N) is 1. The summed E-state index contributed by atoms with van der Waals surface area (Å²) in [7, 11) is 0. The molecule has 18 heavy (non-hydrogen) atoms. The highest BCUT2D eigenvalue weighted by Gasteiger charge is 2.07. The van der Waals surface area contributed by atoms with Crippen molar-refractivity contribution < 1.29 is 4.42 Å². The van der Waals surface area contributed by atoms with E-state index in [9.17, 15) is 0 Å². The Hall–Kier alpha value is -1.68. The molecule has 0 amide bonds. The summed E-state index contributed by atoms with van der Waals surface area (Å²) >= 11 is 0. The van der Waals surface area contributed by atoms with E-state index in [2.05, 4.69) is 29.4 Å². The van der Waals surface area contributed by atoms with Gasteiger partial charge in [-0.3, -0.25) is 0 Å². The van der Waals surface area contributed by atoms with E-state index in [1.165, 1.54) is 0 Å². The molecule has 0 spiro atoms. The first kappa shape index (κ1) is 12.8. The zero-order valence-electron chi connectivity index (χ0n) is 10.9. The molecule has 1 N–H and O–H groups in total. The van der Waals surface area contributed by atoms with Gasteiger partial charge in [0, 0.05) is 18.5 Å². The molecule has 0 aliphatic rings. The van der Waals surface area contributed by atoms with Gasteiger partial charge in [0.15, 0.2) is 0 Å². The van der Waals surface area contributed by atoms with Gasteiger partial charge in [-0.1, -0.05) is 32.0 Å². The second kappa shape index (κ2) is 6.31. The number of hydrogen-bond donors (Lipinski definition) is 1. The molecule has 1 heterocycles. The van der Waals surface area contributed by atoms with Crippen molar-refractivity contribution in [3.8, 4) is 11.5 Å². The van der Waals surface area contributed by atoms with Crippen molar-refractivity contribution in [3.63, 3.8) is 0 Å². The fourth-order valence-corrected chi connectivity index (χ4v) is 1.64. The van der Waals surface area contributed by atoms with Gasteiger partial charge in [-0.15, -0.1) is 10.2 Å². The van der Waals surface area contributed by atoms with Crippen molar-refractivity contribution in [2.24, 2.45) is 5.92 Å². The van der Waals surface area contributed by atoms with Crippen LogP contribution >= 0.6 is 0 Å². The quantitative estimate of drug-likeness (QED) is 0.794. The van der Waals surface area contributed by atoms with Gasteiger partial charge in [0.25, 0.3) is 0 Å². The van der Waals surface area contributed by atoms with Crippen molar-refractivity contribution in [2.75, 3.05) is 13.1 Å². The van der Waals surface area contributed by atoms with E-state index >= 15 is 0 Å². The lowest BCUT2D eigenvalue weighted by Crippen LogP contribution is -2.22. The summed E-state index contributed by atoms with van der Waals surface area (Å²) in [5.41, 5.74) is 0.964. The Bertz CT molecular complexity index is 465. The van der Waals surface area contributed by atoms with E-state index in [1.54, 1.807) is 0 Å². The molecule has 0 unspecified atom stereocenters. The van der Waals surface area contributed by atoms with E-state index in [0.717, 1.165) is 25.1 Å². The molecule has 0 fully saturated rings. The largest absolute Gasteiger partial charge is 0.421 e. The van der Waals surface area contributed by atoms with Gasteiger partial charge in [-0.05, 0) is 24.6 Å². The van der Waals surface area contributed by atoms with Crippen molar-refractivity contribution >= 4 is 0 Å². The first-order valence-corrected chi connectivity index (χ1v) is 6.34. The molecular weight excluding hydrogens is 226 g/mol. The van der Waals surface area contributed by atoms with E-state index < -0.39 is 0 Å². The SMILES string of the molecule is CC(C)CNCCc1nnc(-c2ccccc2)o1. The maximum absolute atomic E-state index is 5.61. The van der Waals surface area contributed by atoms with Gasteiger partial charge in [-0.25, -0.2) is 0 Å². The third-order valence-corrected chi connectivity index (χ3v) is 2.56. The predicted octanol–water partition coefficient (Wildman–Crippen LogP) is 2.52. The second-order valence-electron chi connectivity index (χ2n) is 4.71. The molecule has 96 valence electrons. The van der Waals surface area contributed by atoms with Crippen LogP contribution in [0, 0.1) is 5.92 Å². The first-order chi connectivity index (χ1) is 8.75. The van der Waals surface area contributed by atoms with Crippen molar-refractivity contribution in [3.05, 3.63) is 36.2 Å². The highest BCUT2D eigenvalue weighted by atomic mass is 16.4. The average molecular weight is 245 g/mol. The molecule has 0 radical (unpaired) electrons. The zero-order valence-corrected chi connectivity index (χ0v) is 10.9. The molecule has 1 aromatic heterocycles. The maximum atomic E-state index is 5.61. The molecule has 0 saturated heterocycles. The van der Waals surface area contributed by atoms with Crippen LogP contribution in [0.5, 0.6) is 0 Å². The molecule has 1 aromatic carbocycles. The predicted molar refractivity (Wildman–Crippen MR) is 71.1 cm³/mol. The van der Waals surface area contributed by atoms with Gasteiger partial charge < -0.3 is 9.73 Å². The minimum Gasteiger partial charge on any atom is -0.421 e. The Morgan fingerprint density at radius 2 is 1.94 bits per heavy atom. The fourth-order valence-electron chi connectivity index (χ4n) is 1.64. The number of nitrogens with zero attached hydrogens (tertiary/aromatic N) is 2. The van der Waals surface area contributed by atoms with Gasteiger partial charge in [0.1, 0.15) is 0 Å². The highest BCUT2D eigenvalue weighted by Crippen LogP contribution is 2.16. The second-order valence-corrected chi connectivity index (χ2v) is 4.71. The minimum atomic E-state index is 0.592. The lowest BCUT2D eigenvalue weighted by Gasteiger charge is -2.04. The third-order valence-electron chi connectivity index (χ3n) is 2.56. The molecule has 4 nitrogen and oxygen atoms in total. The number of rotatable bonds is 6. The molecule has 2 aromatic rings. The van der Waals surface area contributed by atoms with Gasteiger partial charge in [0.2, 0.25) is 11.8 Å². The van der Waals surface area contributed by atoms with Crippen LogP contribution in [-0.4, -0.2) is 23.3 Å². The Morgan fingerprint density at radius 1 is 1.17 bits per heavy atom. The number of hydrogen-bond acceptors (Lipinski definition) is 4. The molecule has 0 atom stereocenters. The van der Waals surface area contributed by atoms with Crippen LogP contribution < -0.4 is 5.32 Å². The van der Waals surface area contributed by atoms with Crippen molar-refractivity contribution in [2.45, 2.75) is 20.3 Å². The summed E-state index contributed by atoms with van der Waals surface area (Å²) in [6, 6.07) is 9.83. The summed E-state index contributed by atoms with van der Waals surface area (Å²) in [6.45, 7) is 6.26. The van der Waals surface area contributed by atoms with Crippen LogP contribution in [-0.2, 0) is 6.42 Å². The standard InChI is InChI=1S/C14H19N3O/c1-11(2)10-15-9-8-13-16-17-14(18-13)12-6-4-3-5-7-12/h3-7,11,15H,8-10H2,1-2H3. The third kappa shape index (κ3) is 3.67. The van der Waals surface area contributed by atoms with Gasteiger partial charge >= 0.3 is 0 Å². The van der Waals surface area contributed by atoms with Crippen LogP contribution in [0.3, 0.4) is 0 Å². The minimum absolute atomic E-state index is 0.592. The monoisotopic (exact) mass is 245 g/mol. The summed E-state index contributed by atoms with van der Waals surface area (Å²) < 4.78 is 5.61. The first-order valence-electron chi connectivity index (χ1n) is 6.34. The molecule has 0 saturated carbocycles. The summed E-state index contributed by atoms with van der Waals surface area (Å²) in [5, 5.41) is 11.5. The summed E-state index contributed by atoms with van der Waals surface area (Å²) in [4.78, 5) is 0. The Labute approximate surface area is 107 Å². The van der Waals surface area contributed by atoms with Crippen LogP contribution in [0.2, 0.25) is 0 Å². The summed E-state index contributed by atoms with van der Waals surface area (Å²) in [6.07, 6.45) is 0.770. The average Bonchev–Trinajstić information content (AvgIpc) is 2.84. The Balaban J connectivity index is 1.87. The molecule has 4 heteroatoms. The normalized spacial score (nSPS) is 11.1. The Kier molecular flexibility index (Phi) is 4.47. The van der Waals surface area contributed by atoms with Crippen molar-refractivity contribution in [1.29, 1.82) is 0 Å². The van der Waals surface area contributed by atoms with Crippen molar-refractivity contribution in [1.82, 2.24) is 15.5 Å². The van der Waals surface area contributed by atoms with Crippen LogP contribution in [0.25, 0.3) is 11.5 Å². The maximum Gasteiger partial charge on any atom is 0.247 e. The van der Waals surface area contributed by atoms with Gasteiger partial charge in [-0.2, -0.15) is 0 Å². The topological polar surface area (TPSA) is 51.0 Å². The smallest absolute Gasteiger partial charge is 0.247 e. The van der Waals surface area contributed by atoms with Crippen LogP contribution in [0.15, 0.2) is 34.7 Å². The lowest BCUT2D eigenvalue weighted by molar-refractivity contribution is 0.482. The number of benzene rings is 1.